The number of amides is 1. The quantitative estimate of drug-likeness (QED) is 0.840. The Labute approximate surface area is 144 Å². The summed E-state index contributed by atoms with van der Waals surface area (Å²) in [6, 6.07) is 8.64. The molecule has 0 aliphatic carbocycles. The Kier molecular flexibility index (Phi) is 10.4. The van der Waals surface area contributed by atoms with E-state index in [0.717, 1.165) is 26.3 Å². The van der Waals surface area contributed by atoms with Crippen molar-refractivity contribution < 1.29 is 9.53 Å². The SMILES string of the molecule is Cc1ccc(C(CNC(=O)CN)N2CCOCC2)cc1.Cl.Cl. The van der Waals surface area contributed by atoms with E-state index in [2.05, 4.69) is 41.4 Å². The summed E-state index contributed by atoms with van der Waals surface area (Å²) >= 11 is 0. The summed E-state index contributed by atoms with van der Waals surface area (Å²) in [5, 5.41) is 2.90. The van der Waals surface area contributed by atoms with Gasteiger partial charge in [-0.25, -0.2) is 0 Å². The van der Waals surface area contributed by atoms with Gasteiger partial charge in [-0.2, -0.15) is 0 Å². The van der Waals surface area contributed by atoms with Gasteiger partial charge in [-0.1, -0.05) is 29.8 Å². The van der Waals surface area contributed by atoms with Crippen LogP contribution in [0.15, 0.2) is 24.3 Å². The first-order valence-electron chi connectivity index (χ1n) is 7.06. The molecule has 0 saturated carbocycles. The molecule has 1 saturated heterocycles. The highest BCUT2D eigenvalue weighted by atomic mass is 35.5. The van der Waals surface area contributed by atoms with Gasteiger partial charge in [0.25, 0.3) is 0 Å². The van der Waals surface area contributed by atoms with Crippen LogP contribution < -0.4 is 11.1 Å². The summed E-state index contributed by atoms with van der Waals surface area (Å²) < 4.78 is 5.40. The predicted molar refractivity (Wildman–Crippen MR) is 92.9 cm³/mol. The molecule has 1 aliphatic heterocycles. The van der Waals surface area contributed by atoms with E-state index in [1.165, 1.54) is 11.1 Å². The summed E-state index contributed by atoms with van der Waals surface area (Å²) in [6.45, 7) is 5.95. The zero-order chi connectivity index (χ0) is 14.4. The number of carbonyl (C=O) groups is 1. The lowest BCUT2D eigenvalue weighted by Gasteiger charge is -2.35. The van der Waals surface area contributed by atoms with Gasteiger partial charge >= 0.3 is 0 Å². The monoisotopic (exact) mass is 349 g/mol. The summed E-state index contributed by atoms with van der Waals surface area (Å²) in [5.74, 6) is -0.115. The fourth-order valence-electron chi connectivity index (χ4n) is 2.42. The molecule has 0 spiro atoms. The highest BCUT2D eigenvalue weighted by molar-refractivity contribution is 5.85. The number of morpholine rings is 1. The number of halogens is 2. The molecule has 1 fully saturated rings. The van der Waals surface area contributed by atoms with E-state index in [4.69, 9.17) is 10.5 Å². The molecule has 3 N–H and O–H groups in total. The molecule has 0 aromatic heterocycles. The van der Waals surface area contributed by atoms with Crippen LogP contribution in [0, 0.1) is 6.92 Å². The van der Waals surface area contributed by atoms with Crippen molar-refractivity contribution in [1.29, 1.82) is 0 Å². The minimum absolute atomic E-state index is 0. The lowest BCUT2D eigenvalue weighted by molar-refractivity contribution is -0.120. The van der Waals surface area contributed by atoms with Crippen LogP contribution in [0.25, 0.3) is 0 Å². The average molecular weight is 350 g/mol. The molecule has 0 bridgehead atoms. The van der Waals surface area contributed by atoms with Gasteiger partial charge in [-0.15, -0.1) is 24.8 Å². The molecule has 1 amide bonds. The molecule has 1 aromatic carbocycles. The lowest BCUT2D eigenvalue weighted by atomic mass is 10.0. The summed E-state index contributed by atoms with van der Waals surface area (Å²) in [7, 11) is 0. The Morgan fingerprint density at radius 2 is 1.86 bits per heavy atom. The molecule has 1 unspecified atom stereocenters. The maximum absolute atomic E-state index is 11.4. The molecular weight excluding hydrogens is 325 g/mol. The maximum Gasteiger partial charge on any atom is 0.233 e. The molecule has 22 heavy (non-hydrogen) atoms. The van der Waals surface area contributed by atoms with Crippen molar-refractivity contribution in [2.75, 3.05) is 39.4 Å². The number of ether oxygens (including phenoxy) is 1. The molecule has 1 atom stereocenters. The van der Waals surface area contributed by atoms with Crippen molar-refractivity contribution in [3.8, 4) is 0 Å². The smallest absolute Gasteiger partial charge is 0.233 e. The Hall–Kier alpha value is -0.850. The van der Waals surface area contributed by atoms with Gasteiger partial charge in [0.1, 0.15) is 0 Å². The van der Waals surface area contributed by atoms with Crippen LogP contribution in [0.1, 0.15) is 17.2 Å². The van der Waals surface area contributed by atoms with Crippen LogP contribution >= 0.6 is 24.8 Å². The Balaban J connectivity index is 0.00000220. The van der Waals surface area contributed by atoms with Gasteiger partial charge in [0.2, 0.25) is 5.91 Å². The van der Waals surface area contributed by atoms with Crippen LogP contribution in [0.5, 0.6) is 0 Å². The van der Waals surface area contributed by atoms with Gasteiger partial charge in [0.15, 0.2) is 0 Å². The fourth-order valence-corrected chi connectivity index (χ4v) is 2.42. The molecule has 1 aromatic rings. The minimum atomic E-state index is -0.115. The predicted octanol–water partition coefficient (Wildman–Crippen LogP) is 1.29. The molecule has 7 heteroatoms. The van der Waals surface area contributed by atoms with Crippen molar-refractivity contribution >= 4 is 30.7 Å². The normalized spacial score (nSPS) is 16.1. The van der Waals surface area contributed by atoms with E-state index in [1.807, 2.05) is 0 Å². The van der Waals surface area contributed by atoms with Gasteiger partial charge in [-0.05, 0) is 12.5 Å². The zero-order valence-electron chi connectivity index (χ0n) is 12.8. The first kappa shape index (κ1) is 21.1. The molecular formula is C15H25Cl2N3O2. The van der Waals surface area contributed by atoms with Crippen molar-refractivity contribution in [3.05, 3.63) is 35.4 Å². The van der Waals surface area contributed by atoms with Crippen molar-refractivity contribution in [2.45, 2.75) is 13.0 Å². The minimum Gasteiger partial charge on any atom is -0.379 e. The average Bonchev–Trinajstić information content (AvgIpc) is 2.50. The number of aryl methyl sites for hydroxylation is 1. The second-order valence-electron chi connectivity index (χ2n) is 5.08. The van der Waals surface area contributed by atoms with Crippen LogP contribution in [0.4, 0.5) is 0 Å². The van der Waals surface area contributed by atoms with Crippen LogP contribution in [-0.2, 0) is 9.53 Å². The Morgan fingerprint density at radius 3 is 2.41 bits per heavy atom. The van der Waals surface area contributed by atoms with Crippen LogP contribution in [-0.4, -0.2) is 50.2 Å². The fraction of sp³-hybridized carbons (Fsp3) is 0.533. The van der Waals surface area contributed by atoms with E-state index in [-0.39, 0.29) is 43.3 Å². The van der Waals surface area contributed by atoms with E-state index < -0.39 is 0 Å². The summed E-state index contributed by atoms with van der Waals surface area (Å²) in [6.07, 6.45) is 0. The van der Waals surface area contributed by atoms with E-state index in [1.54, 1.807) is 0 Å². The highest BCUT2D eigenvalue weighted by Gasteiger charge is 2.22. The first-order chi connectivity index (χ1) is 9.70. The topological polar surface area (TPSA) is 67.6 Å². The highest BCUT2D eigenvalue weighted by Crippen LogP contribution is 2.21. The zero-order valence-corrected chi connectivity index (χ0v) is 14.4. The van der Waals surface area contributed by atoms with E-state index in [9.17, 15) is 4.79 Å². The molecule has 1 heterocycles. The third-order valence-corrected chi connectivity index (χ3v) is 3.63. The number of nitrogens with zero attached hydrogens (tertiary/aromatic N) is 1. The largest absolute Gasteiger partial charge is 0.379 e. The van der Waals surface area contributed by atoms with Crippen molar-refractivity contribution in [2.24, 2.45) is 5.73 Å². The van der Waals surface area contributed by atoms with Crippen molar-refractivity contribution in [3.63, 3.8) is 0 Å². The summed E-state index contributed by atoms with van der Waals surface area (Å²) in [4.78, 5) is 13.8. The van der Waals surface area contributed by atoms with Crippen molar-refractivity contribution in [1.82, 2.24) is 10.2 Å². The number of nitrogens with two attached hydrogens (primary N) is 1. The second-order valence-corrected chi connectivity index (χ2v) is 5.08. The molecule has 0 radical (unpaired) electrons. The Morgan fingerprint density at radius 1 is 1.27 bits per heavy atom. The van der Waals surface area contributed by atoms with Gasteiger partial charge in [0, 0.05) is 19.6 Å². The third-order valence-electron chi connectivity index (χ3n) is 3.63. The molecule has 1 aliphatic rings. The van der Waals surface area contributed by atoms with E-state index >= 15 is 0 Å². The molecule has 2 rings (SSSR count). The molecule has 5 nitrogen and oxygen atoms in total. The number of hydrogen-bond donors (Lipinski definition) is 2. The maximum atomic E-state index is 11.4. The van der Waals surface area contributed by atoms with Gasteiger partial charge in [0.05, 0.1) is 25.8 Å². The molecule has 126 valence electrons. The number of benzene rings is 1. The van der Waals surface area contributed by atoms with Gasteiger partial charge < -0.3 is 15.8 Å². The van der Waals surface area contributed by atoms with Crippen LogP contribution in [0.2, 0.25) is 0 Å². The van der Waals surface area contributed by atoms with Gasteiger partial charge in [-0.3, -0.25) is 9.69 Å². The van der Waals surface area contributed by atoms with E-state index in [0.29, 0.717) is 6.54 Å². The van der Waals surface area contributed by atoms with Crippen LogP contribution in [0.3, 0.4) is 0 Å². The second kappa shape index (κ2) is 10.8. The third kappa shape index (κ3) is 6.10. The number of rotatable bonds is 5. The Bertz CT molecular complexity index is 437. The lowest BCUT2D eigenvalue weighted by Crippen LogP contribution is -2.44. The number of hydrogen-bond acceptors (Lipinski definition) is 4. The summed E-state index contributed by atoms with van der Waals surface area (Å²) in [5.41, 5.74) is 7.80. The first-order valence-corrected chi connectivity index (χ1v) is 7.06. The standard InChI is InChI=1S/C15H23N3O2.2ClH/c1-12-2-4-13(5-3-12)14(11-17-15(19)10-16)18-6-8-20-9-7-18;;/h2-5,14H,6-11,16H2,1H3,(H,17,19);2*1H. The number of carbonyl (C=O) groups excluding carboxylic acids is 1. The number of nitrogens with one attached hydrogen (secondary N) is 1.